The van der Waals surface area contributed by atoms with Crippen molar-refractivity contribution in [3.8, 4) is 5.75 Å². The number of halogens is 2. The van der Waals surface area contributed by atoms with Gasteiger partial charge in [0.1, 0.15) is 11.4 Å². The summed E-state index contributed by atoms with van der Waals surface area (Å²) < 4.78 is 5.74. The molecule has 1 aromatic carbocycles. The van der Waals surface area contributed by atoms with E-state index in [9.17, 15) is 9.59 Å². The predicted molar refractivity (Wildman–Crippen MR) is 130 cm³/mol. The second-order valence-electron chi connectivity index (χ2n) is 7.65. The topological polar surface area (TPSA) is 88.5 Å². The molecule has 3 aromatic rings. The lowest BCUT2D eigenvalue weighted by Gasteiger charge is -2.34. The number of nitrogens with zero attached hydrogens (tertiary/aromatic N) is 5. The lowest BCUT2D eigenvalue weighted by Crippen LogP contribution is -2.51. The smallest absolute Gasteiger partial charge is 0.272 e. The molecule has 0 atom stereocenters. The van der Waals surface area contributed by atoms with Gasteiger partial charge in [-0.3, -0.25) is 19.6 Å². The maximum atomic E-state index is 12.8. The monoisotopic (exact) mass is 501 g/mol. The van der Waals surface area contributed by atoms with E-state index in [0.717, 1.165) is 12.0 Å². The average molecular weight is 502 g/mol. The van der Waals surface area contributed by atoms with Crippen LogP contribution in [0.1, 0.15) is 21.7 Å². The maximum Gasteiger partial charge on any atom is 0.272 e. The summed E-state index contributed by atoms with van der Waals surface area (Å²) in [5.41, 5.74) is 2.09. The predicted octanol–water partition coefficient (Wildman–Crippen LogP) is 3.10. The van der Waals surface area contributed by atoms with Gasteiger partial charge < -0.3 is 14.5 Å². The van der Waals surface area contributed by atoms with E-state index in [1.165, 1.54) is 0 Å². The molecule has 0 bridgehead atoms. The van der Waals surface area contributed by atoms with E-state index in [4.69, 9.17) is 16.3 Å². The number of ether oxygens (including phenoxy) is 1. The van der Waals surface area contributed by atoms with Crippen molar-refractivity contribution in [3.63, 3.8) is 0 Å². The Hall–Kier alpha value is -3.23. The number of carbonyl (C=O) groups excluding carboxylic acids is 2. The zero-order valence-corrected chi connectivity index (χ0v) is 20.0. The van der Waals surface area contributed by atoms with Crippen molar-refractivity contribution < 1.29 is 14.3 Å². The molecule has 1 aliphatic rings. The van der Waals surface area contributed by atoms with E-state index in [2.05, 4.69) is 15.0 Å². The summed E-state index contributed by atoms with van der Waals surface area (Å²) >= 11 is 6.00. The van der Waals surface area contributed by atoms with Crippen LogP contribution in [-0.4, -0.2) is 69.4 Å². The quantitative estimate of drug-likeness (QED) is 0.494. The van der Waals surface area contributed by atoms with Crippen molar-refractivity contribution in [2.24, 2.45) is 0 Å². The number of amides is 2. The molecular weight excluding hydrogens is 477 g/mol. The van der Waals surface area contributed by atoms with E-state index in [1.54, 1.807) is 46.7 Å². The Morgan fingerprint density at radius 1 is 0.971 bits per heavy atom. The first-order valence-corrected chi connectivity index (χ1v) is 11.1. The number of pyridine rings is 1. The molecular formula is C24H25Cl2N5O3. The van der Waals surface area contributed by atoms with Crippen molar-refractivity contribution in [2.45, 2.75) is 12.8 Å². The molecule has 4 rings (SSSR count). The number of piperazine rings is 1. The van der Waals surface area contributed by atoms with Gasteiger partial charge >= 0.3 is 0 Å². The van der Waals surface area contributed by atoms with Gasteiger partial charge in [0.15, 0.2) is 0 Å². The fourth-order valence-electron chi connectivity index (χ4n) is 3.58. The zero-order valence-electron chi connectivity index (χ0n) is 18.5. The molecule has 8 nitrogen and oxygen atoms in total. The number of aromatic nitrogens is 3. The Morgan fingerprint density at radius 3 is 2.44 bits per heavy atom. The fourth-order valence-corrected chi connectivity index (χ4v) is 3.79. The highest BCUT2D eigenvalue weighted by molar-refractivity contribution is 6.30. The molecule has 0 N–H and O–H groups in total. The first kappa shape index (κ1) is 25.4. The summed E-state index contributed by atoms with van der Waals surface area (Å²) in [6.45, 7) is 2.38. The van der Waals surface area contributed by atoms with Gasteiger partial charge in [0.05, 0.1) is 24.9 Å². The molecule has 34 heavy (non-hydrogen) atoms. The molecule has 2 amide bonds. The molecule has 1 saturated heterocycles. The molecule has 1 fully saturated rings. The highest BCUT2D eigenvalue weighted by Gasteiger charge is 2.25. The van der Waals surface area contributed by atoms with Crippen LogP contribution < -0.4 is 4.74 Å². The minimum absolute atomic E-state index is 0. The Labute approximate surface area is 209 Å². The van der Waals surface area contributed by atoms with Crippen LogP contribution in [0.4, 0.5) is 0 Å². The lowest BCUT2D eigenvalue weighted by molar-refractivity contribution is -0.132. The number of hydrogen-bond donors (Lipinski definition) is 0. The Kier molecular flexibility index (Phi) is 9.18. The van der Waals surface area contributed by atoms with Crippen molar-refractivity contribution in [3.05, 3.63) is 83.2 Å². The van der Waals surface area contributed by atoms with Gasteiger partial charge in [0.25, 0.3) is 5.91 Å². The number of carbonyl (C=O) groups is 2. The zero-order chi connectivity index (χ0) is 23.0. The standard InChI is InChI=1S/C24H24ClN5O3.ClH/c25-19-3-1-2-18(14-19)6-13-33-21-4-5-22(28-17-21)24(32)30-11-9-29(10-12-30)23(31)15-20-16-26-7-8-27-20;/h1-5,7-8,14,16-17H,6,9-13,15H2;1H. The molecule has 0 spiro atoms. The van der Waals surface area contributed by atoms with Gasteiger partial charge in [-0.25, -0.2) is 4.98 Å². The summed E-state index contributed by atoms with van der Waals surface area (Å²) in [6.07, 6.45) is 7.23. The average Bonchev–Trinajstić information content (AvgIpc) is 2.85. The molecule has 1 aliphatic heterocycles. The van der Waals surface area contributed by atoms with Crippen LogP contribution in [0.3, 0.4) is 0 Å². The third-order valence-electron chi connectivity index (χ3n) is 5.37. The van der Waals surface area contributed by atoms with Crippen LogP contribution in [0, 0.1) is 0 Å². The minimum atomic E-state index is -0.151. The first-order valence-electron chi connectivity index (χ1n) is 10.7. The van der Waals surface area contributed by atoms with Crippen LogP contribution in [0.15, 0.2) is 61.2 Å². The largest absolute Gasteiger partial charge is 0.492 e. The highest BCUT2D eigenvalue weighted by atomic mass is 35.5. The molecule has 10 heteroatoms. The summed E-state index contributed by atoms with van der Waals surface area (Å²) in [5, 5.41) is 0.702. The molecule has 2 aromatic heterocycles. The summed E-state index contributed by atoms with van der Waals surface area (Å²) in [7, 11) is 0. The van der Waals surface area contributed by atoms with E-state index >= 15 is 0 Å². The summed E-state index contributed by atoms with van der Waals surface area (Å²) in [5.74, 6) is 0.439. The van der Waals surface area contributed by atoms with E-state index < -0.39 is 0 Å². The molecule has 3 heterocycles. The molecule has 0 saturated carbocycles. The first-order chi connectivity index (χ1) is 16.1. The Balaban J connectivity index is 0.00000324. The highest BCUT2D eigenvalue weighted by Crippen LogP contribution is 2.15. The van der Waals surface area contributed by atoms with Gasteiger partial charge in [0, 0.05) is 56.2 Å². The van der Waals surface area contributed by atoms with Gasteiger partial charge in [-0.05, 0) is 29.8 Å². The van der Waals surface area contributed by atoms with E-state index in [-0.39, 0.29) is 30.6 Å². The Bertz CT molecular complexity index is 1090. The normalized spacial score (nSPS) is 13.2. The third-order valence-corrected chi connectivity index (χ3v) is 5.61. The molecule has 0 unspecified atom stereocenters. The van der Waals surface area contributed by atoms with Crippen LogP contribution in [0.5, 0.6) is 5.75 Å². The van der Waals surface area contributed by atoms with Gasteiger partial charge in [-0.1, -0.05) is 23.7 Å². The number of hydrogen-bond acceptors (Lipinski definition) is 6. The van der Waals surface area contributed by atoms with Crippen molar-refractivity contribution in [2.75, 3.05) is 32.8 Å². The Morgan fingerprint density at radius 2 is 1.76 bits per heavy atom. The fraction of sp³-hybridized carbons (Fsp3) is 0.292. The number of rotatable bonds is 7. The minimum Gasteiger partial charge on any atom is -0.492 e. The summed E-state index contributed by atoms with van der Waals surface area (Å²) in [6, 6.07) is 11.1. The van der Waals surface area contributed by atoms with Crippen LogP contribution >= 0.6 is 24.0 Å². The third kappa shape index (κ3) is 6.88. The summed E-state index contributed by atoms with van der Waals surface area (Å²) in [4.78, 5) is 41.1. The van der Waals surface area contributed by atoms with Crippen LogP contribution in [-0.2, 0) is 17.6 Å². The van der Waals surface area contributed by atoms with Gasteiger partial charge in [-0.2, -0.15) is 0 Å². The second kappa shape index (κ2) is 12.3. The molecule has 178 valence electrons. The van der Waals surface area contributed by atoms with Crippen molar-refractivity contribution in [1.29, 1.82) is 0 Å². The van der Waals surface area contributed by atoms with E-state index in [1.807, 2.05) is 24.3 Å². The van der Waals surface area contributed by atoms with Gasteiger partial charge in [0.2, 0.25) is 5.91 Å². The molecule has 0 aliphatic carbocycles. The van der Waals surface area contributed by atoms with E-state index in [0.29, 0.717) is 54.9 Å². The van der Waals surface area contributed by atoms with Crippen molar-refractivity contribution in [1.82, 2.24) is 24.8 Å². The van der Waals surface area contributed by atoms with Crippen LogP contribution in [0.25, 0.3) is 0 Å². The maximum absolute atomic E-state index is 12.8. The van der Waals surface area contributed by atoms with Crippen molar-refractivity contribution >= 4 is 35.8 Å². The molecule has 0 radical (unpaired) electrons. The van der Waals surface area contributed by atoms with Crippen LogP contribution in [0.2, 0.25) is 5.02 Å². The SMILES string of the molecule is Cl.O=C(Cc1cnccn1)N1CCN(C(=O)c2ccc(OCCc3cccc(Cl)c3)cn2)CC1. The van der Waals surface area contributed by atoms with Gasteiger partial charge in [-0.15, -0.1) is 12.4 Å². The second-order valence-corrected chi connectivity index (χ2v) is 8.09. The number of benzene rings is 1. The lowest BCUT2D eigenvalue weighted by atomic mass is 10.2.